The number of amides is 3. The molecule has 0 spiro atoms. The molecule has 1 aromatic carbocycles. The molecule has 1 aromatic rings. The van der Waals surface area contributed by atoms with Crippen molar-refractivity contribution in [2.24, 2.45) is 11.8 Å². The van der Waals surface area contributed by atoms with Crippen LogP contribution in [0, 0.1) is 18.8 Å². The number of carbonyl (C=O) groups is 3. The molecule has 6 nitrogen and oxygen atoms in total. The second kappa shape index (κ2) is 10.6. The zero-order chi connectivity index (χ0) is 19.7. The Hall–Kier alpha value is -2.37. The highest BCUT2D eigenvalue weighted by molar-refractivity contribution is 5.95. The van der Waals surface area contributed by atoms with Crippen LogP contribution in [-0.4, -0.2) is 42.3 Å². The summed E-state index contributed by atoms with van der Waals surface area (Å²) < 4.78 is 0. The zero-order valence-corrected chi connectivity index (χ0v) is 16.5. The van der Waals surface area contributed by atoms with Crippen molar-refractivity contribution in [3.05, 3.63) is 29.8 Å². The molecule has 1 rings (SSSR count). The lowest BCUT2D eigenvalue weighted by Gasteiger charge is -2.25. The second-order valence-electron chi connectivity index (χ2n) is 7.46. The molecule has 2 N–H and O–H groups in total. The highest BCUT2D eigenvalue weighted by Crippen LogP contribution is 2.09. The molecule has 3 amide bonds. The summed E-state index contributed by atoms with van der Waals surface area (Å²) in [5.74, 6) is -0.160. The van der Waals surface area contributed by atoms with Crippen LogP contribution < -0.4 is 10.6 Å². The van der Waals surface area contributed by atoms with Crippen LogP contribution in [-0.2, 0) is 14.4 Å². The number of benzene rings is 1. The highest BCUT2D eigenvalue weighted by atomic mass is 16.2. The van der Waals surface area contributed by atoms with Gasteiger partial charge in [-0.05, 0) is 36.5 Å². The predicted molar refractivity (Wildman–Crippen MR) is 104 cm³/mol. The molecule has 0 aliphatic carbocycles. The Morgan fingerprint density at radius 2 is 1.73 bits per heavy atom. The van der Waals surface area contributed by atoms with E-state index in [1.165, 1.54) is 0 Å². The van der Waals surface area contributed by atoms with Crippen LogP contribution in [0.4, 0.5) is 5.69 Å². The van der Waals surface area contributed by atoms with Crippen LogP contribution in [0.3, 0.4) is 0 Å². The molecule has 0 aliphatic rings. The minimum absolute atomic E-state index is 0.0263. The fraction of sp³-hybridized carbons (Fsp3) is 0.550. The normalized spacial score (nSPS) is 10.7. The number of hydrogen-bond donors (Lipinski definition) is 2. The van der Waals surface area contributed by atoms with E-state index in [0.29, 0.717) is 18.7 Å². The summed E-state index contributed by atoms with van der Waals surface area (Å²) in [6.45, 7) is 10.3. The van der Waals surface area contributed by atoms with E-state index in [1.54, 1.807) is 11.0 Å². The zero-order valence-electron chi connectivity index (χ0n) is 16.5. The first-order chi connectivity index (χ1) is 12.2. The van der Waals surface area contributed by atoms with Crippen molar-refractivity contribution in [3.63, 3.8) is 0 Å². The quantitative estimate of drug-likeness (QED) is 0.709. The van der Waals surface area contributed by atoms with Gasteiger partial charge in [0.2, 0.25) is 17.7 Å². The molecule has 0 saturated heterocycles. The van der Waals surface area contributed by atoms with Crippen LogP contribution in [0.5, 0.6) is 0 Å². The van der Waals surface area contributed by atoms with E-state index in [-0.39, 0.29) is 42.6 Å². The summed E-state index contributed by atoms with van der Waals surface area (Å²) in [4.78, 5) is 38.0. The molecule has 6 heteroatoms. The molecule has 0 fully saturated rings. The molecule has 0 bridgehead atoms. The predicted octanol–water partition coefficient (Wildman–Crippen LogP) is 2.58. The Balaban J connectivity index is 2.51. The van der Waals surface area contributed by atoms with Gasteiger partial charge in [-0.15, -0.1) is 0 Å². The van der Waals surface area contributed by atoms with E-state index in [0.717, 1.165) is 5.56 Å². The summed E-state index contributed by atoms with van der Waals surface area (Å²) >= 11 is 0. The van der Waals surface area contributed by atoms with Gasteiger partial charge in [0.15, 0.2) is 0 Å². The van der Waals surface area contributed by atoms with Gasteiger partial charge in [0.05, 0.1) is 13.1 Å². The van der Waals surface area contributed by atoms with E-state index >= 15 is 0 Å². The van der Waals surface area contributed by atoms with E-state index < -0.39 is 0 Å². The van der Waals surface area contributed by atoms with Gasteiger partial charge >= 0.3 is 0 Å². The summed E-state index contributed by atoms with van der Waals surface area (Å²) in [7, 11) is 0. The van der Waals surface area contributed by atoms with Crippen molar-refractivity contribution in [3.8, 4) is 0 Å². The number of rotatable bonds is 9. The molecular weight excluding hydrogens is 330 g/mol. The first-order valence-electron chi connectivity index (χ1n) is 9.08. The first kappa shape index (κ1) is 21.7. The minimum atomic E-state index is -0.331. The lowest BCUT2D eigenvalue weighted by Crippen LogP contribution is -2.44. The average Bonchev–Trinajstić information content (AvgIpc) is 2.51. The van der Waals surface area contributed by atoms with Crippen molar-refractivity contribution >= 4 is 23.4 Å². The summed E-state index contributed by atoms with van der Waals surface area (Å²) in [6.07, 6.45) is 0.411. The van der Waals surface area contributed by atoms with Crippen LogP contribution in [0.1, 0.15) is 39.7 Å². The fourth-order valence-corrected chi connectivity index (χ4v) is 2.51. The average molecular weight is 361 g/mol. The van der Waals surface area contributed by atoms with Crippen LogP contribution in [0.25, 0.3) is 0 Å². The maximum atomic E-state index is 12.3. The molecule has 0 atom stereocenters. The number of carbonyl (C=O) groups excluding carboxylic acids is 3. The Bertz CT molecular complexity index is 626. The van der Waals surface area contributed by atoms with Crippen molar-refractivity contribution in [1.29, 1.82) is 0 Å². The Morgan fingerprint density at radius 3 is 2.31 bits per heavy atom. The van der Waals surface area contributed by atoms with E-state index in [2.05, 4.69) is 10.6 Å². The van der Waals surface area contributed by atoms with Gasteiger partial charge in [-0.1, -0.05) is 39.8 Å². The largest absolute Gasteiger partial charge is 0.345 e. The smallest absolute Gasteiger partial charge is 0.243 e. The summed E-state index contributed by atoms with van der Waals surface area (Å²) in [5.41, 5.74) is 1.73. The van der Waals surface area contributed by atoms with Crippen molar-refractivity contribution < 1.29 is 14.4 Å². The second-order valence-corrected chi connectivity index (χ2v) is 7.46. The Kier molecular flexibility index (Phi) is 8.82. The summed E-state index contributed by atoms with van der Waals surface area (Å²) in [5, 5.41) is 5.32. The lowest BCUT2D eigenvalue weighted by atomic mass is 10.1. The molecule has 0 saturated carbocycles. The molecule has 144 valence electrons. The van der Waals surface area contributed by atoms with Gasteiger partial charge in [-0.3, -0.25) is 14.4 Å². The third-order valence-corrected chi connectivity index (χ3v) is 3.60. The lowest BCUT2D eigenvalue weighted by molar-refractivity contribution is -0.137. The Labute approximate surface area is 156 Å². The molecule has 0 unspecified atom stereocenters. The maximum Gasteiger partial charge on any atom is 0.243 e. The van der Waals surface area contributed by atoms with Crippen LogP contribution in [0.2, 0.25) is 0 Å². The maximum absolute atomic E-state index is 12.3. The standard InChI is InChI=1S/C20H31N3O3/c1-14(2)9-20(26)23(12-15(3)4)13-19(25)21-11-18(24)22-17-8-6-7-16(5)10-17/h6-8,10,14-15H,9,11-13H2,1-5H3,(H,21,25)(H,22,24). The van der Waals surface area contributed by atoms with Gasteiger partial charge < -0.3 is 15.5 Å². The number of nitrogens with zero attached hydrogens (tertiary/aromatic N) is 1. The molecule has 0 aromatic heterocycles. The molecule has 0 radical (unpaired) electrons. The molecular formula is C20H31N3O3. The fourth-order valence-electron chi connectivity index (χ4n) is 2.51. The first-order valence-corrected chi connectivity index (χ1v) is 9.08. The number of hydrogen-bond acceptors (Lipinski definition) is 3. The van der Waals surface area contributed by atoms with Crippen molar-refractivity contribution in [1.82, 2.24) is 10.2 Å². The molecule has 0 aliphatic heterocycles. The number of nitrogens with one attached hydrogen (secondary N) is 2. The summed E-state index contributed by atoms with van der Waals surface area (Å²) in [6, 6.07) is 7.44. The highest BCUT2D eigenvalue weighted by Gasteiger charge is 2.19. The van der Waals surface area contributed by atoms with Crippen molar-refractivity contribution in [2.45, 2.75) is 41.0 Å². The molecule has 0 heterocycles. The van der Waals surface area contributed by atoms with Gasteiger partial charge in [0.25, 0.3) is 0 Å². The minimum Gasteiger partial charge on any atom is -0.345 e. The van der Waals surface area contributed by atoms with Gasteiger partial charge in [0, 0.05) is 18.7 Å². The van der Waals surface area contributed by atoms with E-state index in [9.17, 15) is 14.4 Å². The topological polar surface area (TPSA) is 78.5 Å². The van der Waals surface area contributed by atoms with Gasteiger partial charge in [-0.2, -0.15) is 0 Å². The Morgan fingerprint density at radius 1 is 1.04 bits per heavy atom. The monoisotopic (exact) mass is 361 g/mol. The van der Waals surface area contributed by atoms with E-state index in [4.69, 9.17) is 0 Å². The number of anilines is 1. The molecule has 26 heavy (non-hydrogen) atoms. The van der Waals surface area contributed by atoms with Crippen LogP contribution >= 0.6 is 0 Å². The third-order valence-electron chi connectivity index (χ3n) is 3.60. The SMILES string of the molecule is Cc1cccc(NC(=O)CNC(=O)CN(CC(C)C)C(=O)CC(C)C)c1. The van der Waals surface area contributed by atoms with Crippen molar-refractivity contribution in [2.75, 3.05) is 25.0 Å². The van der Waals surface area contributed by atoms with Gasteiger partial charge in [-0.25, -0.2) is 0 Å². The van der Waals surface area contributed by atoms with Crippen LogP contribution in [0.15, 0.2) is 24.3 Å². The van der Waals surface area contributed by atoms with Gasteiger partial charge in [0.1, 0.15) is 0 Å². The van der Waals surface area contributed by atoms with E-state index in [1.807, 2.05) is 52.8 Å². The third kappa shape index (κ3) is 8.65. The number of aryl methyl sites for hydroxylation is 1.